The Balaban J connectivity index is 1.52. The number of nitrogens with zero attached hydrogens (tertiary/aromatic N) is 5. The van der Waals surface area contributed by atoms with E-state index in [4.69, 9.17) is 0 Å². The molecule has 0 spiro atoms. The van der Waals surface area contributed by atoms with Gasteiger partial charge < -0.3 is 9.80 Å². The van der Waals surface area contributed by atoms with Crippen molar-refractivity contribution in [2.45, 2.75) is 6.92 Å². The minimum atomic E-state index is -0.706. The Bertz CT molecular complexity index is 1170. The molecule has 0 N–H and O–H groups in total. The monoisotopic (exact) mass is 421 g/mol. The van der Waals surface area contributed by atoms with Crippen LogP contribution < -0.4 is 4.90 Å². The van der Waals surface area contributed by atoms with Gasteiger partial charge in [0.1, 0.15) is 11.4 Å². The van der Waals surface area contributed by atoms with Crippen LogP contribution in [0.1, 0.15) is 15.9 Å². The number of fused-ring (bicyclic) bond motifs is 1. The van der Waals surface area contributed by atoms with Crippen LogP contribution in [0.15, 0.2) is 48.5 Å². The summed E-state index contributed by atoms with van der Waals surface area (Å²) in [6.45, 7) is 3.13. The summed E-state index contributed by atoms with van der Waals surface area (Å²) >= 11 is 0. The van der Waals surface area contributed by atoms with Gasteiger partial charge in [-0.3, -0.25) is 25.0 Å². The van der Waals surface area contributed by atoms with Gasteiger partial charge in [-0.15, -0.1) is 0 Å². The van der Waals surface area contributed by atoms with Gasteiger partial charge in [0, 0.05) is 43.7 Å². The van der Waals surface area contributed by atoms with Crippen molar-refractivity contribution >= 4 is 34.0 Å². The minimum absolute atomic E-state index is 0.0544. The van der Waals surface area contributed by atoms with Crippen molar-refractivity contribution in [3.05, 3.63) is 79.9 Å². The van der Waals surface area contributed by atoms with E-state index in [0.717, 1.165) is 28.9 Å². The van der Waals surface area contributed by atoms with Gasteiger partial charge in [-0.25, -0.2) is 4.98 Å². The van der Waals surface area contributed by atoms with Crippen molar-refractivity contribution in [3.63, 3.8) is 0 Å². The minimum Gasteiger partial charge on any atom is -0.353 e. The number of para-hydroxylation sites is 1. The van der Waals surface area contributed by atoms with Crippen LogP contribution in [0.2, 0.25) is 0 Å². The fourth-order valence-corrected chi connectivity index (χ4v) is 3.74. The predicted octanol–water partition coefficient (Wildman–Crippen LogP) is 3.32. The zero-order valence-corrected chi connectivity index (χ0v) is 16.7. The fraction of sp³-hybridized carbons (Fsp3) is 0.238. The summed E-state index contributed by atoms with van der Waals surface area (Å²) in [4.78, 5) is 42.4. The third-order valence-electron chi connectivity index (χ3n) is 5.47. The molecule has 4 rings (SSSR count). The van der Waals surface area contributed by atoms with Crippen molar-refractivity contribution in [3.8, 4) is 0 Å². The molecule has 2 heterocycles. The lowest BCUT2D eigenvalue weighted by molar-refractivity contribution is -0.395. The number of nitro groups is 2. The molecule has 158 valence electrons. The average Bonchev–Trinajstić information content (AvgIpc) is 2.78. The quantitative estimate of drug-likeness (QED) is 0.468. The summed E-state index contributed by atoms with van der Waals surface area (Å²) in [6.07, 6.45) is 0. The van der Waals surface area contributed by atoms with E-state index in [1.54, 1.807) is 4.90 Å². The molecule has 0 atom stereocenters. The van der Waals surface area contributed by atoms with Crippen molar-refractivity contribution in [2.24, 2.45) is 0 Å². The van der Waals surface area contributed by atoms with Gasteiger partial charge in [0.25, 0.3) is 17.3 Å². The Labute approximate surface area is 177 Å². The highest BCUT2D eigenvalue weighted by molar-refractivity contribution is 5.96. The molecule has 1 aromatic heterocycles. The summed E-state index contributed by atoms with van der Waals surface area (Å²) in [6, 6.07) is 14.0. The first kappa shape index (κ1) is 20.2. The maximum atomic E-state index is 12.9. The van der Waals surface area contributed by atoms with Crippen molar-refractivity contribution in [2.75, 3.05) is 31.1 Å². The number of hydrogen-bond donors (Lipinski definition) is 0. The molecule has 1 saturated heterocycles. The van der Waals surface area contributed by atoms with E-state index in [9.17, 15) is 25.0 Å². The van der Waals surface area contributed by atoms with Crippen molar-refractivity contribution < 1.29 is 14.6 Å². The molecule has 0 saturated carbocycles. The van der Waals surface area contributed by atoms with Crippen LogP contribution >= 0.6 is 0 Å². The lowest BCUT2D eigenvalue weighted by Crippen LogP contribution is -2.49. The smallest absolute Gasteiger partial charge is 0.279 e. The standard InChI is InChI=1S/C21H19N5O5/c1-14-18(25(28)29)12-16(13-19(14)26(30)31)21(27)24-10-8-23(9-11-24)20-7-6-15-4-2-3-5-17(15)22-20/h2-7,12-13H,8-11H2,1H3. The van der Waals surface area contributed by atoms with Crippen molar-refractivity contribution in [1.29, 1.82) is 0 Å². The van der Waals surface area contributed by atoms with Crippen LogP contribution in [0.5, 0.6) is 0 Å². The number of aromatic nitrogens is 1. The molecule has 31 heavy (non-hydrogen) atoms. The van der Waals surface area contributed by atoms with Gasteiger partial charge in [-0.2, -0.15) is 0 Å². The number of pyridine rings is 1. The summed E-state index contributed by atoms with van der Waals surface area (Å²) in [5, 5.41) is 23.6. The van der Waals surface area contributed by atoms with Gasteiger partial charge in [0.2, 0.25) is 0 Å². The van der Waals surface area contributed by atoms with Crippen LogP contribution in [-0.2, 0) is 0 Å². The molecule has 1 aliphatic rings. The second-order valence-corrected chi connectivity index (χ2v) is 7.30. The Morgan fingerprint density at radius 1 is 0.935 bits per heavy atom. The Kier molecular flexibility index (Phi) is 5.20. The molecule has 3 aromatic rings. The van der Waals surface area contributed by atoms with Crippen LogP contribution in [0.3, 0.4) is 0 Å². The molecular weight excluding hydrogens is 402 g/mol. The van der Waals surface area contributed by atoms with Crippen LogP contribution in [0.25, 0.3) is 10.9 Å². The highest BCUT2D eigenvalue weighted by atomic mass is 16.6. The van der Waals surface area contributed by atoms with Gasteiger partial charge in [-0.1, -0.05) is 18.2 Å². The van der Waals surface area contributed by atoms with E-state index < -0.39 is 27.1 Å². The first-order valence-corrected chi connectivity index (χ1v) is 9.68. The van der Waals surface area contributed by atoms with Gasteiger partial charge in [0.15, 0.2) is 0 Å². The second kappa shape index (κ2) is 7.98. The Hall–Kier alpha value is -4.08. The number of carbonyl (C=O) groups is 1. The number of anilines is 1. The lowest BCUT2D eigenvalue weighted by Gasteiger charge is -2.35. The molecule has 1 aliphatic heterocycles. The zero-order valence-electron chi connectivity index (χ0n) is 16.7. The van der Waals surface area contributed by atoms with E-state index in [1.165, 1.54) is 6.92 Å². The molecular formula is C21H19N5O5. The van der Waals surface area contributed by atoms with E-state index >= 15 is 0 Å². The second-order valence-electron chi connectivity index (χ2n) is 7.30. The third kappa shape index (κ3) is 3.87. The predicted molar refractivity (Wildman–Crippen MR) is 114 cm³/mol. The number of rotatable bonds is 4. The number of benzene rings is 2. The molecule has 10 nitrogen and oxygen atoms in total. The molecule has 1 amide bonds. The highest BCUT2D eigenvalue weighted by Gasteiger charge is 2.29. The molecule has 0 unspecified atom stereocenters. The Morgan fingerprint density at radius 3 is 2.16 bits per heavy atom. The molecule has 0 radical (unpaired) electrons. The number of carbonyl (C=O) groups excluding carboxylic acids is 1. The topological polar surface area (TPSA) is 123 Å². The van der Waals surface area contributed by atoms with E-state index in [-0.39, 0.29) is 11.1 Å². The summed E-state index contributed by atoms with van der Waals surface area (Å²) in [7, 11) is 0. The summed E-state index contributed by atoms with van der Waals surface area (Å²) < 4.78 is 0. The maximum Gasteiger partial charge on any atom is 0.279 e. The SMILES string of the molecule is Cc1c([N+](=O)[O-])cc(C(=O)N2CCN(c3ccc4ccccc4n3)CC2)cc1[N+](=O)[O-]. The van der Waals surface area contributed by atoms with Gasteiger partial charge in [0.05, 0.1) is 20.9 Å². The highest BCUT2D eigenvalue weighted by Crippen LogP contribution is 2.30. The third-order valence-corrected chi connectivity index (χ3v) is 5.47. The lowest BCUT2D eigenvalue weighted by atomic mass is 10.1. The van der Waals surface area contributed by atoms with Crippen LogP contribution in [-0.4, -0.2) is 51.8 Å². The molecule has 0 aliphatic carbocycles. The first-order valence-electron chi connectivity index (χ1n) is 9.68. The normalized spacial score (nSPS) is 14.0. The maximum absolute atomic E-state index is 12.9. The van der Waals surface area contributed by atoms with E-state index in [1.807, 2.05) is 36.4 Å². The summed E-state index contributed by atoms with van der Waals surface area (Å²) in [5.74, 6) is 0.352. The molecule has 0 bridgehead atoms. The molecule has 10 heteroatoms. The largest absolute Gasteiger partial charge is 0.353 e. The fourth-order valence-electron chi connectivity index (χ4n) is 3.74. The number of piperazine rings is 1. The average molecular weight is 421 g/mol. The first-order chi connectivity index (χ1) is 14.8. The van der Waals surface area contributed by atoms with E-state index in [0.29, 0.717) is 26.2 Å². The van der Waals surface area contributed by atoms with Gasteiger partial charge in [-0.05, 0) is 25.1 Å². The van der Waals surface area contributed by atoms with E-state index in [2.05, 4.69) is 9.88 Å². The van der Waals surface area contributed by atoms with Crippen molar-refractivity contribution in [1.82, 2.24) is 9.88 Å². The van der Waals surface area contributed by atoms with Crippen LogP contribution in [0, 0.1) is 27.2 Å². The molecule has 1 fully saturated rings. The number of hydrogen-bond acceptors (Lipinski definition) is 7. The number of amides is 1. The zero-order chi connectivity index (χ0) is 22.1. The Morgan fingerprint density at radius 2 is 1.55 bits per heavy atom. The number of nitro benzene ring substituents is 2. The summed E-state index contributed by atoms with van der Waals surface area (Å²) in [5.41, 5.74) is -0.106. The molecule has 2 aromatic carbocycles. The van der Waals surface area contributed by atoms with Gasteiger partial charge >= 0.3 is 0 Å². The van der Waals surface area contributed by atoms with Crippen LogP contribution in [0.4, 0.5) is 17.2 Å².